The van der Waals surface area contributed by atoms with Gasteiger partial charge in [-0.3, -0.25) is 4.89 Å². The van der Waals surface area contributed by atoms with Crippen LogP contribution in [0.25, 0.3) is 0 Å². The van der Waals surface area contributed by atoms with E-state index in [9.17, 15) is 4.79 Å². The fourth-order valence-corrected chi connectivity index (χ4v) is 2.90. The molecular formula is C18H34O9. The van der Waals surface area contributed by atoms with E-state index < -0.39 is 23.1 Å². The second-order valence-corrected chi connectivity index (χ2v) is 8.06. The summed E-state index contributed by atoms with van der Waals surface area (Å²) < 4.78 is 0. The van der Waals surface area contributed by atoms with Crippen molar-refractivity contribution in [3.63, 3.8) is 0 Å². The van der Waals surface area contributed by atoms with Gasteiger partial charge in [0.05, 0.1) is 0 Å². The van der Waals surface area contributed by atoms with Crippen molar-refractivity contribution >= 4 is 5.97 Å². The normalized spacial score (nSPS) is 21.7. The first-order valence-electron chi connectivity index (χ1n) is 9.54. The Bertz CT molecular complexity index is 395. The highest BCUT2D eigenvalue weighted by Gasteiger charge is 2.42. The average Bonchev–Trinajstić information content (AvgIpc) is 2.66. The van der Waals surface area contributed by atoms with Gasteiger partial charge in [-0.05, 0) is 46.5 Å². The minimum atomic E-state index is -1.11. The lowest BCUT2D eigenvalue weighted by Gasteiger charge is -2.37. The molecule has 9 heteroatoms. The maximum Gasteiger partial charge on any atom is 0.339 e. The molecule has 0 aromatic carbocycles. The zero-order valence-corrected chi connectivity index (χ0v) is 16.8. The van der Waals surface area contributed by atoms with Gasteiger partial charge in [-0.1, -0.05) is 12.8 Å². The van der Waals surface area contributed by atoms with Gasteiger partial charge in [-0.2, -0.15) is 14.7 Å². The van der Waals surface area contributed by atoms with E-state index in [2.05, 4.69) is 19.6 Å². The Labute approximate surface area is 160 Å². The molecule has 0 aromatic rings. The molecule has 2 aliphatic rings. The molecule has 2 aliphatic carbocycles. The van der Waals surface area contributed by atoms with Crippen molar-refractivity contribution in [2.75, 3.05) is 0 Å². The summed E-state index contributed by atoms with van der Waals surface area (Å²) in [5.41, 5.74) is -0.411. The first-order chi connectivity index (χ1) is 12.7. The molecular weight excluding hydrogens is 360 g/mol. The Kier molecular flexibility index (Phi) is 10.1. The van der Waals surface area contributed by atoms with Gasteiger partial charge in [0, 0.05) is 32.6 Å². The second kappa shape index (κ2) is 11.3. The van der Waals surface area contributed by atoms with Crippen molar-refractivity contribution in [2.45, 2.75) is 109 Å². The van der Waals surface area contributed by atoms with Crippen molar-refractivity contribution in [3.05, 3.63) is 0 Å². The van der Waals surface area contributed by atoms with Crippen LogP contribution in [0.1, 0.15) is 91.9 Å². The van der Waals surface area contributed by atoms with Crippen molar-refractivity contribution in [1.82, 2.24) is 0 Å². The van der Waals surface area contributed by atoms with Crippen LogP contribution in [-0.2, 0) is 34.1 Å². The number of carbonyl (C=O) groups excluding carboxylic acids is 1. The van der Waals surface area contributed by atoms with Crippen LogP contribution < -0.4 is 0 Å². The van der Waals surface area contributed by atoms with E-state index in [0.29, 0.717) is 25.7 Å². The van der Waals surface area contributed by atoms with E-state index in [4.69, 9.17) is 20.3 Å². The Balaban J connectivity index is 0.000000345. The fourth-order valence-electron chi connectivity index (χ4n) is 2.90. The molecule has 2 saturated carbocycles. The highest BCUT2D eigenvalue weighted by molar-refractivity contribution is 5.65. The van der Waals surface area contributed by atoms with Crippen LogP contribution in [0.4, 0.5) is 0 Å². The van der Waals surface area contributed by atoms with Crippen LogP contribution in [0.15, 0.2) is 0 Å². The van der Waals surface area contributed by atoms with Gasteiger partial charge in [-0.15, -0.1) is 0 Å². The average molecular weight is 394 g/mol. The standard InChI is InChI=1S/C12H22O6.C6H12O3/c13-15-11(7-3-1-4-8-11)17-18-12(16-14)9-5-2-6-10-12;1-5(7)8-9-6(2,3)4/h13-14H,1-10H2;1-4H3. The Morgan fingerprint density at radius 1 is 0.778 bits per heavy atom. The zero-order chi connectivity index (χ0) is 20.4. The highest BCUT2D eigenvalue weighted by atomic mass is 17.3. The summed E-state index contributed by atoms with van der Waals surface area (Å²) in [6.07, 6.45) is 8.14. The van der Waals surface area contributed by atoms with E-state index in [1.807, 2.05) is 0 Å². The Morgan fingerprint density at radius 3 is 1.37 bits per heavy atom. The number of carbonyl (C=O) groups is 1. The van der Waals surface area contributed by atoms with E-state index in [0.717, 1.165) is 38.5 Å². The number of rotatable bonds is 6. The second-order valence-electron chi connectivity index (χ2n) is 8.06. The molecule has 0 aromatic heterocycles. The number of hydrogen-bond acceptors (Lipinski definition) is 9. The molecule has 0 atom stereocenters. The van der Waals surface area contributed by atoms with Crippen LogP contribution in [0.2, 0.25) is 0 Å². The first-order valence-corrected chi connectivity index (χ1v) is 9.54. The lowest BCUT2D eigenvalue weighted by molar-refractivity contribution is -0.577. The highest BCUT2D eigenvalue weighted by Crippen LogP contribution is 2.37. The van der Waals surface area contributed by atoms with E-state index >= 15 is 0 Å². The number of hydrogen-bond donors (Lipinski definition) is 2. The van der Waals surface area contributed by atoms with E-state index in [1.165, 1.54) is 6.92 Å². The predicted molar refractivity (Wildman–Crippen MR) is 93.8 cm³/mol. The molecule has 0 amide bonds. The SMILES string of the molecule is CC(=O)OOC(C)(C)C.OOC1(OOC2(OO)CCCCC2)CCCCC1. The summed E-state index contributed by atoms with van der Waals surface area (Å²) in [7, 11) is 0. The quantitative estimate of drug-likeness (QED) is 0.381. The van der Waals surface area contributed by atoms with Crippen molar-refractivity contribution in [1.29, 1.82) is 0 Å². The van der Waals surface area contributed by atoms with Crippen LogP contribution in [0, 0.1) is 0 Å². The minimum absolute atomic E-state index is 0.411. The molecule has 9 nitrogen and oxygen atoms in total. The maximum atomic E-state index is 10.1. The third-order valence-electron chi connectivity index (χ3n) is 4.32. The van der Waals surface area contributed by atoms with Crippen LogP contribution in [0.3, 0.4) is 0 Å². The third kappa shape index (κ3) is 9.29. The van der Waals surface area contributed by atoms with Gasteiger partial charge in [-0.25, -0.2) is 25.1 Å². The smallest absolute Gasteiger partial charge is 0.298 e. The molecule has 2 N–H and O–H groups in total. The van der Waals surface area contributed by atoms with Gasteiger partial charge < -0.3 is 0 Å². The van der Waals surface area contributed by atoms with Gasteiger partial charge in [0.1, 0.15) is 5.60 Å². The summed E-state index contributed by atoms with van der Waals surface area (Å²) >= 11 is 0. The monoisotopic (exact) mass is 394 g/mol. The van der Waals surface area contributed by atoms with E-state index in [-0.39, 0.29) is 0 Å². The molecule has 160 valence electrons. The molecule has 27 heavy (non-hydrogen) atoms. The Hall–Kier alpha value is -0.810. The Morgan fingerprint density at radius 2 is 1.15 bits per heavy atom. The maximum absolute atomic E-state index is 10.1. The molecule has 2 rings (SSSR count). The molecule has 0 spiro atoms. The summed E-state index contributed by atoms with van der Waals surface area (Å²) in [6, 6.07) is 0. The molecule has 0 bridgehead atoms. The molecule has 0 aliphatic heterocycles. The van der Waals surface area contributed by atoms with Gasteiger partial charge in [0.15, 0.2) is 0 Å². The van der Waals surface area contributed by atoms with Crippen LogP contribution in [-0.4, -0.2) is 33.7 Å². The summed E-state index contributed by atoms with van der Waals surface area (Å²) in [4.78, 5) is 38.6. The van der Waals surface area contributed by atoms with Gasteiger partial charge >= 0.3 is 5.97 Å². The summed E-state index contributed by atoms with van der Waals surface area (Å²) in [5, 5.41) is 18.0. The fraction of sp³-hybridized carbons (Fsp3) is 0.944. The van der Waals surface area contributed by atoms with Crippen molar-refractivity contribution in [3.8, 4) is 0 Å². The van der Waals surface area contributed by atoms with Crippen molar-refractivity contribution < 1.29 is 44.6 Å². The van der Waals surface area contributed by atoms with Crippen molar-refractivity contribution in [2.24, 2.45) is 0 Å². The van der Waals surface area contributed by atoms with Gasteiger partial charge in [0.2, 0.25) is 11.6 Å². The molecule has 0 radical (unpaired) electrons. The summed E-state index contributed by atoms with van der Waals surface area (Å²) in [6.45, 7) is 6.70. The molecule has 0 saturated heterocycles. The van der Waals surface area contributed by atoms with Crippen LogP contribution >= 0.6 is 0 Å². The molecule has 2 fully saturated rings. The largest absolute Gasteiger partial charge is 0.339 e. The lowest BCUT2D eigenvalue weighted by atomic mass is 9.94. The zero-order valence-electron chi connectivity index (χ0n) is 16.8. The first kappa shape index (κ1) is 24.2. The lowest BCUT2D eigenvalue weighted by Crippen LogP contribution is -2.44. The molecule has 0 heterocycles. The third-order valence-corrected chi connectivity index (χ3v) is 4.32. The topological polar surface area (TPSA) is 113 Å². The minimum Gasteiger partial charge on any atom is -0.298 e. The predicted octanol–water partition coefficient (Wildman–Crippen LogP) is 4.51. The molecule has 0 unspecified atom stereocenters. The summed E-state index contributed by atoms with van der Waals surface area (Å²) in [5.74, 6) is -2.65. The van der Waals surface area contributed by atoms with Gasteiger partial charge in [0.25, 0.3) is 0 Å². The van der Waals surface area contributed by atoms with Crippen LogP contribution in [0.5, 0.6) is 0 Å². The van der Waals surface area contributed by atoms with E-state index in [1.54, 1.807) is 20.8 Å².